The van der Waals surface area contributed by atoms with E-state index < -0.39 is 0 Å². The predicted molar refractivity (Wildman–Crippen MR) is 111 cm³/mol. The smallest absolute Gasteiger partial charge is 0.252 e. The van der Waals surface area contributed by atoms with Gasteiger partial charge in [0, 0.05) is 27.0 Å². The summed E-state index contributed by atoms with van der Waals surface area (Å²) < 4.78 is 0. The lowest BCUT2D eigenvalue weighted by molar-refractivity contribution is 0.0953. The van der Waals surface area contributed by atoms with E-state index in [0.29, 0.717) is 17.7 Å². The van der Waals surface area contributed by atoms with Crippen LogP contribution in [0.15, 0.2) is 93.5 Å². The number of amides is 1. The maximum absolute atomic E-state index is 12.6. The highest BCUT2D eigenvalue weighted by Gasteiger charge is 2.13. The van der Waals surface area contributed by atoms with E-state index in [1.165, 1.54) is 16.7 Å². The zero-order valence-corrected chi connectivity index (χ0v) is 16.2. The van der Waals surface area contributed by atoms with E-state index in [1.807, 2.05) is 60.7 Å². The highest BCUT2D eigenvalue weighted by atomic mass is 32.2. The monoisotopic (exact) mass is 390 g/mol. The Morgan fingerprint density at radius 3 is 2.33 bits per heavy atom. The summed E-state index contributed by atoms with van der Waals surface area (Å²) in [5.74, 6) is 0.712. The van der Waals surface area contributed by atoms with Gasteiger partial charge in [0.25, 0.3) is 5.91 Å². The minimum absolute atomic E-state index is 0.0961. The highest BCUT2D eigenvalue weighted by Crippen LogP contribution is 2.32. The van der Waals surface area contributed by atoms with Gasteiger partial charge in [-0.05, 0) is 36.4 Å². The number of thioether (sulfide) groups is 1. The van der Waals surface area contributed by atoms with Gasteiger partial charge in [-0.3, -0.25) is 4.79 Å². The van der Waals surface area contributed by atoms with E-state index in [1.54, 1.807) is 17.8 Å². The van der Waals surface area contributed by atoms with Gasteiger partial charge in [0.15, 0.2) is 0 Å². The lowest BCUT2D eigenvalue weighted by Crippen LogP contribution is -2.26. The number of carbonyl (C=O) groups is 1. The summed E-state index contributed by atoms with van der Waals surface area (Å²) in [6, 6.07) is 27.2. The number of nitrogens with one attached hydrogen (secondary N) is 1. The fourth-order valence-electron chi connectivity index (χ4n) is 2.46. The van der Waals surface area contributed by atoms with Crippen molar-refractivity contribution >= 4 is 29.4 Å². The van der Waals surface area contributed by atoms with Crippen molar-refractivity contribution in [1.82, 2.24) is 5.32 Å². The molecule has 3 aromatic rings. The molecule has 1 N–H and O–H groups in total. The normalized spacial score (nSPS) is 10.2. The van der Waals surface area contributed by atoms with Crippen molar-refractivity contribution in [2.24, 2.45) is 0 Å². The van der Waals surface area contributed by atoms with Crippen molar-refractivity contribution in [2.75, 3.05) is 12.3 Å². The first-order chi connectivity index (χ1) is 13.3. The molecule has 0 heterocycles. The minimum atomic E-state index is -0.0961. The molecule has 0 aliphatic rings. The third-order valence-corrected chi connectivity index (χ3v) is 5.92. The quantitative estimate of drug-likeness (QED) is 0.443. The number of hydrogen-bond acceptors (Lipinski definition) is 4. The molecule has 0 saturated carbocycles. The Morgan fingerprint density at radius 2 is 1.56 bits per heavy atom. The zero-order chi connectivity index (χ0) is 18.9. The standard InChI is InChI=1S/C22H18N2OS2/c23-16-17-8-4-6-12-20(17)27-21-13-7-5-11-19(21)22(25)24-14-15-26-18-9-2-1-3-10-18/h1-13H,14-15H2,(H,24,25). The summed E-state index contributed by atoms with van der Waals surface area (Å²) in [5.41, 5.74) is 1.23. The van der Waals surface area contributed by atoms with Crippen LogP contribution in [0.2, 0.25) is 0 Å². The lowest BCUT2D eigenvalue weighted by Gasteiger charge is -2.10. The van der Waals surface area contributed by atoms with Crippen LogP contribution in [0.3, 0.4) is 0 Å². The molecule has 0 saturated heterocycles. The van der Waals surface area contributed by atoms with Crippen molar-refractivity contribution in [3.63, 3.8) is 0 Å². The number of carbonyl (C=O) groups excluding carboxylic acids is 1. The molecule has 0 bridgehead atoms. The van der Waals surface area contributed by atoms with Crippen molar-refractivity contribution in [1.29, 1.82) is 5.26 Å². The molecule has 0 aliphatic heterocycles. The van der Waals surface area contributed by atoms with Crippen LogP contribution in [-0.4, -0.2) is 18.2 Å². The summed E-state index contributed by atoms with van der Waals surface area (Å²) in [7, 11) is 0. The molecule has 0 atom stereocenters. The molecule has 0 radical (unpaired) electrons. The van der Waals surface area contributed by atoms with E-state index >= 15 is 0 Å². The molecule has 3 nitrogen and oxygen atoms in total. The van der Waals surface area contributed by atoms with E-state index in [0.717, 1.165) is 15.5 Å². The molecule has 27 heavy (non-hydrogen) atoms. The van der Waals surface area contributed by atoms with Crippen LogP contribution in [0.25, 0.3) is 0 Å². The third kappa shape index (κ3) is 5.40. The Balaban J connectivity index is 1.63. The fraction of sp³-hybridized carbons (Fsp3) is 0.0909. The van der Waals surface area contributed by atoms with Crippen molar-refractivity contribution < 1.29 is 4.79 Å². The van der Waals surface area contributed by atoms with Crippen LogP contribution in [-0.2, 0) is 0 Å². The Labute approximate surface area is 167 Å². The molecule has 134 valence electrons. The van der Waals surface area contributed by atoms with Gasteiger partial charge in [0.1, 0.15) is 6.07 Å². The van der Waals surface area contributed by atoms with Crippen molar-refractivity contribution in [2.45, 2.75) is 14.7 Å². The SMILES string of the molecule is N#Cc1ccccc1Sc1ccccc1C(=O)NCCSc1ccccc1. The molecule has 1 amide bonds. The molecule has 3 aromatic carbocycles. The number of benzene rings is 3. The van der Waals surface area contributed by atoms with Gasteiger partial charge < -0.3 is 5.32 Å². The minimum Gasteiger partial charge on any atom is -0.351 e. The van der Waals surface area contributed by atoms with Crippen LogP contribution in [0.1, 0.15) is 15.9 Å². The second kappa shape index (κ2) is 9.86. The predicted octanol–water partition coefficient (Wildman–Crippen LogP) is 5.23. The van der Waals surface area contributed by atoms with Gasteiger partial charge in [0.05, 0.1) is 11.1 Å². The second-order valence-corrected chi connectivity index (χ2v) is 7.88. The number of nitriles is 1. The number of nitrogens with zero attached hydrogens (tertiary/aromatic N) is 1. The average molecular weight is 391 g/mol. The maximum atomic E-state index is 12.6. The fourth-order valence-corrected chi connectivity index (χ4v) is 4.27. The third-order valence-electron chi connectivity index (χ3n) is 3.76. The Kier molecular flexibility index (Phi) is 6.97. The van der Waals surface area contributed by atoms with Crippen LogP contribution in [0, 0.1) is 11.3 Å². The first-order valence-corrected chi connectivity index (χ1v) is 10.3. The van der Waals surface area contributed by atoms with Gasteiger partial charge in [0.2, 0.25) is 0 Å². The van der Waals surface area contributed by atoms with Gasteiger partial charge in [-0.1, -0.05) is 54.2 Å². The average Bonchev–Trinajstić information content (AvgIpc) is 2.72. The molecular weight excluding hydrogens is 372 g/mol. The van der Waals surface area contributed by atoms with Crippen LogP contribution in [0.5, 0.6) is 0 Å². The van der Waals surface area contributed by atoms with Crippen molar-refractivity contribution in [3.05, 3.63) is 90.0 Å². The number of hydrogen-bond donors (Lipinski definition) is 1. The van der Waals surface area contributed by atoms with E-state index in [9.17, 15) is 10.1 Å². The molecule has 5 heteroatoms. The molecule has 0 spiro atoms. The topological polar surface area (TPSA) is 52.9 Å². The van der Waals surface area contributed by atoms with Crippen LogP contribution in [0.4, 0.5) is 0 Å². The molecule has 0 unspecified atom stereocenters. The van der Waals surface area contributed by atoms with Gasteiger partial charge in [-0.2, -0.15) is 5.26 Å². The molecule has 0 fully saturated rings. The summed E-state index contributed by atoms with van der Waals surface area (Å²) >= 11 is 3.15. The van der Waals surface area contributed by atoms with E-state index in [2.05, 4.69) is 23.5 Å². The Bertz CT molecular complexity index is 952. The maximum Gasteiger partial charge on any atom is 0.252 e. The largest absolute Gasteiger partial charge is 0.351 e. The molecule has 0 aliphatic carbocycles. The molecular formula is C22H18N2OS2. The highest BCUT2D eigenvalue weighted by molar-refractivity contribution is 7.99. The summed E-state index contributed by atoms with van der Waals surface area (Å²) in [5, 5.41) is 12.3. The van der Waals surface area contributed by atoms with Gasteiger partial charge in [-0.15, -0.1) is 11.8 Å². The van der Waals surface area contributed by atoms with E-state index in [-0.39, 0.29) is 5.91 Å². The molecule has 0 aromatic heterocycles. The first kappa shape index (κ1) is 19.1. The lowest BCUT2D eigenvalue weighted by atomic mass is 10.2. The van der Waals surface area contributed by atoms with Crippen molar-refractivity contribution in [3.8, 4) is 6.07 Å². The Hall–Kier alpha value is -2.68. The Morgan fingerprint density at radius 1 is 0.889 bits per heavy atom. The second-order valence-electron chi connectivity index (χ2n) is 5.62. The van der Waals surface area contributed by atoms with E-state index in [4.69, 9.17) is 0 Å². The van der Waals surface area contributed by atoms with Gasteiger partial charge in [-0.25, -0.2) is 0 Å². The number of rotatable bonds is 7. The summed E-state index contributed by atoms with van der Waals surface area (Å²) in [6.07, 6.45) is 0. The van der Waals surface area contributed by atoms with Crippen LogP contribution >= 0.6 is 23.5 Å². The summed E-state index contributed by atoms with van der Waals surface area (Å²) in [6.45, 7) is 0.589. The van der Waals surface area contributed by atoms with Gasteiger partial charge >= 0.3 is 0 Å². The zero-order valence-electron chi connectivity index (χ0n) is 14.6. The first-order valence-electron chi connectivity index (χ1n) is 8.50. The van der Waals surface area contributed by atoms with Crippen LogP contribution < -0.4 is 5.32 Å². The summed E-state index contributed by atoms with van der Waals surface area (Å²) in [4.78, 5) is 15.5. The molecule has 3 rings (SSSR count).